The molecule has 2 N–H and O–H groups in total. The molecule has 0 unspecified atom stereocenters. The van der Waals surface area contributed by atoms with Crippen molar-refractivity contribution in [2.75, 3.05) is 5.32 Å². The Labute approximate surface area is 128 Å². The first kappa shape index (κ1) is 13.7. The van der Waals surface area contributed by atoms with Crippen LogP contribution >= 0.6 is 11.8 Å². The summed E-state index contributed by atoms with van der Waals surface area (Å²) in [6.45, 7) is 2.15. The zero-order chi connectivity index (χ0) is 14.5. The van der Waals surface area contributed by atoms with Crippen molar-refractivity contribution in [1.29, 1.82) is 0 Å². The largest absolute Gasteiger partial charge is 0.323 e. The highest BCUT2D eigenvalue weighted by molar-refractivity contribution is 7.99. The molecule has 3 rings (SSSR count). The number of hydrogen-bond acceptors (Lipinski definition) is 4. The van der Waals surface area contributed by atoms with Crippen molar-refractivity contribution in [3.05, 3.63) is 60.2 Å². The van der Waals surface area contributed by atoms with Gasteiger partial charge in [0.05, 0.1) is 0 Å². The Kier molecular flexibility index (Phi) is 4.21. The average molecular weight is 296 g/mol. The van der Waals surface area contributed by atoms with Gasteiger partial charge in [0.15, 0.2) is 5.16 Å². The molecule has 0 saturated heterocycles. The van der Waals surface area contributed by atoms with Crippen molar-refractivity contribution in [1.82, 2.24) is 15.2 Å². The van der Waals surface area contributed by atoms with Gasteiger partial charge in [-0.2, -0.15) is 4.98 Å². The number of aryl methyl sites for hydroxylation is 1. The maximum absolute atomic E-state index is 4.46. The summed E-state index contributed by atoms with van der Waals surface area (Å²) >= 11 is 1.60. The zero-order valence-electron chi connectivity index (χ0n) is 11.7. The quantitative estimate of drug-likeness (QED) is 0.738. The fourth-order valence-electron chi connectivity index (χ4n) is 2.00. The normalized spacial score (nSPS) is 10.5. The number of H-pyrrole nitrogens is 1. The van der Waals surface area contributed by atoms with E-state index < -0.39 is 0 Å². The van der Waals surface area contributed by atoms with Crippen molar-refractivity contribution >= 4 is 23.4 Å². The summed E-state index contributed by atoms with van der Waals surface area (Å²) in [5, 5.41) is 11.1. The van der Waals surface area contributed by atoms with Gasteiger partial charge in [-0.1, -0.05) is 43.3 Å². The number of nitrogens with one attached hydrogen (secondary N) is 2. The van der Waals surface area contributed by atoms with Crippen molar-refractivity contribution in [2.45, 2.75) is 23.4 Å². The van der Waals surface area contributed by atoms with Gasteiger partial charge in [0.1, 0.15) is 0 Å². The first-order valence-corrected chi connectivity index (χ1v) is 7.67. The highest BCUT2D eigenvalue weighted by Gasteiger charge is 2.07. The van der Waals surface area contributed by atoms with Crippen LogP contribution in [-0.4, -0.2) is 15.2 Å². The number of aromatic amines is 1. The molecular formula is C16H16N4S. The molecular weight excluding hydrogens is 280 g/mol. The van der Waals surface area contributed by atoms with Crippen LogP contribution in [0.3, 0.4) is 0 Å². The minimum atomic E-state index is 0.581. The van der Waals surface area contributed by atoms with Gasteiger partial charge < -0.3 is 5.32 Å². The lowest BCUT2D eigenvalue weighted by Gasteiger charge is -2.04. The SMILES string of the molecule is CCc1ccccc1Sc1nc(Nc2ccccc2)n[nH]1. The number of nitrogens with zero attached hydrogens (tertiary/aromatic N) is 2. The van der Waals surface area contributed by atoms with Crippen LogP contribution in [0.2, 0.25) is 0 Å². The molecule has 0 fully saturated rings. The second-order valence-electron chi connectivity index (χ2n) is 4.52. The standard InChI is InChI=1S/C16H16N4S/c1-2-12-8-6-7-11-14(12)21-16-18-15(19-20-16)17-13-9-4-3-5-10-13/h3-11H,2H2,1H3,(H2,17,18,19,20). The van der Waals surface area contributed by atoms with E-state index in [1.807, 2.05) is 36.4 Å². The molecule has 0 amide bonds. The topological polar surface area (TPSA) is 53.6 Å². The van der Waals surface area contributed by atoms with E-state index in [-0.39, 0.29) is 0 Å². The molecule has 0 aliphatic carbocycles. The molecule has 4 nitrogen and oxygen atoms in total. The second-order valence-corrected chi connectivity index (χ2v) is 5.55. The van der Waals surface area contributed by atoms with Crippen molar-refractivity contribution in [2.24, 2.45) is 0 Å². The third-order valence-corrected chi connectivity index (χ3v) is 4.05. The van der Waals surface area contributed by atoms with Crippen LogP contribution in [0.1, 0.15) is 12.5 Å². The highest BCUT2D eigenvalue weighted by atomic mass is 32.2. The third kappa shape index (κ3) is 3.44. The Morgan fingerprint density at radius 2 is 1.81 bits per heavy atom. The summed E-state index contributed by atoms with van der Waals surface area (Å²) in [5.41, 5.74) is 2.29. The van der Waals surface area contributed by atoms with Crippen molar-refractivity contribution in [3.63, 3.8) is 0 Å². The highest BCUT2D eigenvalue weighted by Crippen LogP contribution is 2.28. The van der Waals surface area contributed by atoms with Gasteiger partial charge in [0.25, 0.3) is 0 Å². The fourth-order valence-corrected chi connectivity index (χ4v) is 2.92. The van der Waals surface area contributed by atoms with E-state index in [1.54, 1.807) is 11.8 Å². The van der Waals surface area contributed by atoms with Gasteiger partial charge in [-0.15, -0.1) is 5.10 Å². The fraction of sp³-hybridized carbons (Fsp3) is 0.125. The molecule has 5 heteroatoms. The Bertz CT molecular complexity index is 709. The molecule has 3 aromatic rings. The van der Waals surface area contributed by atoms with E-state index >= 15 is 0 Å². The van der Waals surface area contributed by atoms with Crippen molar-refractivity contribution in [3.8, 4) is 0 Å². The maximum Gasteiger partial charge on any atom is 0.247 e. The minimum absolute atomic E-state index is 0.581. The lowest BCUT2D eigenvalue weighted by Crippen LogP contribution is -1.91. The van der Waals surface area contributed by atoms with E-state index in [2.05, 4.69) is 45.6 Å². The molecule has 0 aliphatic heterocycles. The van der Waals surface area contributed by atoms with Crippen LogP contribution < -0.4 is 5.32 Å². The Morgan fingerprint density at radius 1 is 1.05 bits per heavy atom. The summed E-state index contributed by atoms with van der Waals surface area (Å²) in [5.74, 6) is 0.581. The average Bonchev–Trinajstić information content (AvgIpc) is 2.96. The van der Waals surface area contributed by atoms with Crippen LogP contribution in [0, 0.1) is 0 Å². The first-order valence-electron chi connectivity index (χ1n) is 6.85. The predicted molar refractivity (Wildman–Crippen MR) is 86.1 cm³/mol. The Hall–Kier alpha value is -2.27. The molecule has 21 heavy (non-hydrogen) atoms. The molecule has 0 radical (unpaired) electrons. The van der Waals surface area contributed by atoms with E-state index in [1.165, 1.54) is 10.5 Å². The van der Waals surface area contributed by atoms with Gasteiger partial charge in [0.2, 0.25) is 5.95 Å². The van der Waals surface area contributed by atoms with Crippen LogP contribution in [0.15, 0.2) is 64.6 Å². The summed E-state index contributed by atoms with van der Waals surface area (Å²) < 4.78 is 0. The van der Waals surface area contributed by atoms with E-state index in [0.29, 0.717) is 5.95 Å². The number of para-hydroxylation sites is 1. The molecule has 106 valence electrons. The van der Waals surface area contributed by atoms with Crippen LogP contribution in [0.5, 0.6) is 0 Å². The molecule has 1 aromatic heterocycles. The van der Waals surface area contributed by atoms with Crippen molar-refractivity contribution < 1.29 is 0 Å². The van der Waals surface area contributed by atoms with Gasteiger partial charge in [-0.25, -0.2) is 0 Å². The van der Waals surface area contributed by atoms with Crippen LogP contribution in [0.4, 0.5) is 11.6 Å². The molecule has 1 heterocycles. The predicted octanol–water partition coefficient (Wildman–Crippen LogP) is 4.26. The Balaban J connectivity index is 1.73. The van der Waals surface area contributed by atoms with Gasteiger partial charge in [-0.3, -0.25) is 5.10 Å². The third-order valence-electron chi connectivity index (χ3n) is 3.05. The monoisotopic (exact) mass is 296 g/mol. The number of anilines is 2. The number of benzene rings is 2. The molecule has 0 spiro atoms. The molecule has 0 atom stereocenters. The van der Waals surface area contributed by atoms with Crippen LogP contribution in [-0.2, 0) is 6.42 Å². The number of rotatable bonds is 5. The second kappa shape index (κ2) is 6.45. The summed E-state index contributed by atoms with van der Waals surface area (Å²) in [6, 6.07) is 18.2. The minimum Gasteiger partial charge on any atom is -0.323 e. The van der Waals surface area contributed by atoms with E-state index in [4.69, 9.17) is 0 Å². The maximum atomic E-state index is 4.46. The summed E-state index contributed by atoms with van der Waals surface area (Å²) in [6.07, 6.45) is 1.01. The molecule has 0 bridgehead atoms. The molecule has 0 aliphatic rings. The molecule has 0 saturated carbocycles. The number of hydrogen-bond donors (Lipinski definition) is 2. The lowest BCUT2D eigenvalue weighted by molar-refractivity contribution is 0.970. The van der Waals surface area contributed by atoms with E-state index in [0.717, 1.165) is 17.3 Å². The van der Waals surface area contributed by atoms with Gasteiger partial charge >= 0.3 is 0 Å². The zero-order valence-corrected chi connectivity index (χ0v) is 12.5. The summed E-state index contributed by atoms with van der Waals surface area (Å²) in [4.78, 5) is 5.67. The van der Waals surface area contributed by atoms with Crippen LogP contribution in [0.25, 0.3) is 0 Å². The lowest BCUT2D eigenvalue weighted by atomic mass is 10.2. The van der Waals surface area contributed by atoms with Gasteiger partial charge in [0, 0.05) is 10.6 Å². The van der Waals surface area contributed by atoms with Gasteiger partial charge in [-0.05, 0) is 41.9 Å². The summed E-state index contributed by atoms with van der Waals surface area (Å²) in [7, 11) is 0. The smallest absolute Gasteiger partial charge is 0.247 e. The first-order chi connectivity index (χ1) is 10.3. The van der Waals surface area contributed by atoms with E-state index in [9.17, 15) is 0 Å². The molecule has 2 aromatic carbocycles. The Morgan fingerprint density at radius 3 is 2.62 bits per heavy atom. The number of aromatic nitrogens is 3.